The van der Waals surface area contributed by atoms with Crippen LogP contribution in [0.3, 0.4) is 0 Å². The quantitative estimate of drug-likeness (QED) is 0.272. The Morgan fingerprint density at radius 3 is 2.50 bits per heavy atom. The van der Waals surface area contributed by atoms with Crippen LogP contribution in [0, 0.1) is 11.3 Å². The molecule has 0 aliphatic heterocycles. The van der Waals surface area contributed by atoms with Crippen molar-refractivity contribution in [3.05, 3.63) is 113 Å². The average molecular weight is 439 g/mol. The fourth-order valence-electron chi connectivity index (χ4n) is 3.33. The van der Waals surface area contributed by atoms with Crippen molar-refractivity contribution >= 4 is 40.0 Å². The highest BCUT2D eigenvalue weighted by Crippen LogP contribution is 2.26. The fraction of sp³-hybridized carbons (Fsp3) is 0.0370. The largest absolute Gasteiger partial charge is 0.488 e. The highest BCUT2D eigenvalue weighted by atomic mass is 35.5. The third-order valence-electron chi connectivity index (χ3n) is 4.96. The molecule has 0 aliphatic carbocycles. The van der Waals surface area contributed by atoms with Crippen molar-refractivity contribution < 1.29 is 9.53 Å². The van der Waals surface area contributed by atoms with Gasteiger partial charge in [-0.15, -0.1) is 0 Å². The number of ether oxygens (including phenoxy) is 1. The standard InChI is InChI=1S/C27H19ClN2O2/c28-24-13-5-2-10-21(24)18-32-26-15-6-3-9-20(26)16-22(17-29)27(31)30-25-14-7-11-19-8-1-4-12-23(19)25/h1-16H,18H2,(H,30,31)/b22-16+. The maximum Gasteiger partial charge on any atom is 0.266 e. The lowest BCUT2D eigenvalue weighted by atomic mass is 10.1. The first-order valence-corrected chi connectivity index (χ1v) is 10.4. The molecule has 32 heavy (non-hydrogen) atoms. The van der Waals surface area contributed by atoms with Crippen LogP contribution in [0.1, 0.15) is 11.1 Å². The third-order valence-corrected chi connectivity index (χ3v) is 5.33. The van der Waals surface area contributed by atoms with Crippen LogP contribution < -0.4 is 10.1 Å². The Labute approximate surface area is 191 Å². The number of nitrogens with zero attached hydrogens (tertiary/aromatic N) is 1. The summed E-state index contributed by atoms with van der Waals surface area (Å²) in [6.07, 6.45) is 1.53. The molecule has 0 bridgehead atoms. The third kappa shape index (κ3) is 4.80. The first-order valence-electron chi connectivity index (χ1n) is 10.0. The maximum atomic E-state index is 12.9. The average Bonchev–Trinajstić information content (AvgIpc) is 2.83. The van der Waals surface area contributed by atoms with Crippen molar-refractivity contribution in [3.8, 4) is 11.8 Å². The van der Waals surface area contributed by atoms with E-state index in [0.29, 0.717) is 22.0 Å². The first kappa shape index (κ1) is 21.2. The Morgan fingerprint density at radius 2 is 1.66 bits per heavy atom. The number of amides is 1. The normalized spacial score (nSPS) is 11.1. The minimum atomic E-state index is -0.482. The highest BCUT2D eigenvalue weighted by molar-refractivity contribution is 6.31. The van der Waals surface area contributed by atoms with E-state index in [2.05, 4.69) is 5.32 Å². The number of nitriles is 1. The summed E-state index contributed by atoms with van der Waals surface area (Å²) in [5.74, 6) is 0.0721. The van der Waals surface area contributed by atoms with Gasteiger partial charge in [-0.3, -0.25) is 4.79 Å². The van der Waals surface area contributed by atoms with Crippen molar-refractivity contribution in [3.63, 3.8) is 0 Å². The molecule has 0 atom stereocenters. The van der Waals surface area contributed by atoms with Crippen molar-refractivity contribution in [1.29, 1.82) is 5.26 Å². The summed E-state index contributed by atoms with van der Waals surface area (Å²) in [6, 6.07) is 30.1. The van der Waals surface area contributed by atoms with Crippen LogP contribution in [0.25, 0.3) is 16.8 Å². The summed E-state index contributed by atoms with van der Waals surface area (Å²) in [5, 5.41) is 15.0. The Hall–Kier alpha value is -4.07. The zero-order chi connectivity index (χ0) is 22.3. The van der Waals surface area contributed by atoms with E-state index in [0.717, 1.165) is 16.3 Å². The van der Waals surface area contributed by atoms with Gasteiger partial charge in [0.25, 0.3) is 5.91 Å². The van der Waals surface area contributed by atoms with E-state index >= 15 is 0 Å². The second-order valence-corrected chi connectivity index (χ2v) is 7.48. The molecule has 4 aromatic rings. The number of carbonyl (C=O) groups excluding carboxylic acids is 1. The number of hydrogen-bond acceptors (Lipinski definition) is 3. The summed E-state index contributed by atoms with van der Waals surface area (Å²) in [6.45, 7) is 0.272. The molecule has 0 aliphatic rings. The molecule has 156 valence electrons. The van der Waals surface area contributed by atoms with Gasteiger partial charge in [0.05, 0.1) is 0 Å². The van der Waals surface area contributed by atoms with Gasteiger partial charge in [-0.2, -0.15) is 5.26 Å². The molecule has 0 aromatic heterocycles. The van der Waals surface area contributed by atoms with Crippen molar-refractivity contribution in [2.45, 2.75) is 6.61 Å². The van der Waals surface area contributed by atoms with Gasteiger partial charge in [0.15, 0.2) is 0 Å². The Balaban J connectivity index is 1.57. The van der Waals surface area contributed by atoms with E-state index in [1.807, 2.05) is 78.9 Å². The van der Waals surface area contributed by atoms with Gasteiger partial charge in [0.2, 0.25) is 0 Å². The van der Waals surface area contributed by atoms with E-state index in [1.54, 1.807) is 18.2 Å². The van der Waals surface area contributed by atoms with Crippen molar-refractivity contribution in [2.75, 3.05) is 5.32 Å². The minimum Gasteiger partial charge on any atom is -0.488 e. The molecular weight excluding hydrogens is 420 g/mol. The predicted octanol–water partition coefficient (Wildman–Crippen LogP) is 6.62. The van der Waals surface area contributed by atoms with Crippen LogP contribution >= 0.6 is 11.6 Å². The minimum absolute atomic E-state index is 0.0215. The number of anilines is 1. The Kier molecular flexibility index (Phi) is 6.50. The zero-order valence-electron chi connectivity index (χ0n) is 17.1. The van der Waals surface area contributed by atoms with E-state index in [-0.39, 0.29) is 12.2 Å². The molecule has 0 heterocycles. The predicted molar refractivity (Wildman–Crippen MR) is 128 cm³/mol. The van der Waals surface area contributed by atoms with Crippen LogP contribution in [0.15, 0.2) is 96.6 Å². The molecule has 0 radical (unpaired) electrons. The summed E-state index contributed by atoms with van der Waals surface area (Å²) in [4.78, 5) is 12.9. The molecule has 5 heteroatoms. The molecule has 1 N–H and O–H groups in total. The van der Waals surface area contributed by atoms with Crippen molar-refractivity contribution in [1.82, 2.24) is 0 Å². The molecule has 1 amide bonds. The van der Waals surface area contributed by atoms with Crippen LogP contribution in [0.4, 0.5) is 5.69 Å². The molecule has 4 nitrogen and oxygen atoms in total. The lowest BCUT2D eigenvalue weighted by molar-refractivity contribution is -0.112. The summed E-state index contributed by atoms with van der Waals surface area (Å²) in [5.41, 5.74) is 2.11. The fourth-order valence-corrected chi connectivity index (χ4v) is 3.52. The van der Waals surface area contributed by atoms with Gasteiger partial charge >= 0.3 is 0 Å². The molecule has 4 rings (SSSR count). The number of fused-ring (bicyclic) bond motifs is 1. The Bertz CT molecular complexity index is 1350. The molecule has 0 fully saturated rings. The summed E-state index contributed by atoms with van der Waals surface area (Å²) in [7, 11) is 0. The lowest BCUT2D eigenvalue weighted by Gasteiger charge is -2.11. The van der Waals surface area contributed by atoms with Gasteiger partial charge in [0, 0.05) is 27.2 Å². The molecule has 4 aromatic carbocycles. The zero-order valence-corrected chi connectivity index (χ0v) is 17.8. The van der Waals surface area contributed by atoms with Gasteiger partial charge < -0.3 is 10.1 Å². The number of benzene rings is 4. The van der Waals surface area contributed by atoms with E-state index < -0.39 is 5.91 Å². The summed E-state index contributed by atoms with van der Waals surface area (Å²) >= 11 is 6.21. The van der Waals surface area contributed by atoms with Crippen LogP contribution in [0.5, 0.6) is 5.75 Å². The van der Waals surface area contributed by atoms with Gasteiger partial charge in [-0.1, -0.05) is 84.4 Å². The van der Waals surface area contributed by atoms with Gasteiger partial charge in [0.1, 0.15) is 24.0 Å². The second kappa shape index (κ2) is 9.82. The van der Waals surface area contributed by atoms with E-state index in [4.69, 9.17) is 16.3 Å². The monoisotopic (exact) mass is 438 g/mol. The number of para-hydroxylation sites is 1. The molecule has 0 spiro atoms. The highest BCUT2D eigenvalue weighted by Gasteiger charge is 2.13. The molecular formula is C27H19ClN2O2. The van der Waals surface area contributed by atoms with Crippen LogP contribution in [0.2, 0.25) is 5.02 Å². The van der Waals surface area contributed by atoms with Gasteiger partial charge in [-0.25, -0.2) is 0 Å². The van der Waals surface area contributed by atoms with Crippen LogP contribution in [-0.2, 0) is 11.4 Å². The topological polar surface area (TPSA) is 62.1 Å². The first-order chi connectivity index (χ1) is 15.7. The van der Waals surface area contributed by atoms with E-state index in [9.17, 15) is 10.1 Å². The smallest absolute Gasteiger partial charge is 0.266 e. The summed E-state index contributed by atoms with van der Waals surface area (Å²) < 4.78 is 5.93. The SMILES string of the molecule is N#C/C(=C\c1ccccc1OCc1ccccc1Cl)C(=O)Nc1cccc2ccccc12. The number of carbonyl (C=O) groups is 1. The molecule has 0 saturated carbocycles. The number of halogens is 1. The lowest BCUT2D eigenvalue weighted by Crippen LogP contribution is -2.13. The number of nitrogens with one attached hydrogen (secondary N) is 1. The maximum absolute atomic E-state index is 12.9. The number of rotatable bonds is 6. The van der Waals surface area contributed by atoms with E-state index in [1.165, 1.54) is 6.08 Å². The molecule has 0 unspecified atom stereocenters. The van der Waals surface area contributed by atoms with Crippen LogP contribution in [-0.4, -0.2) is 5.91 Å². The second-order valence-electron chi connectivity index (χ2n) is 7.07. The van der Waals surface area contributed by atoms with Crippen molar-refractivity contribution in [2.24, 2.45) is 0 Å². The van der Waals surface area contributed by atoms with Gasteiger partial charge in [-0.05, 0) is 29.7 Å². The molecule has 0 saturated heterocycles. The number of hydrogen-bond donors (Lipinski definition) is 1. The Morgan fingerprint density at radius 1 is 0.938 bits per heavy atom.